The maximum atomic E-state index is 10.3. The molecule has 0 saturated heterocycles. The first-order chi connectivity index (χ1) is 5.27. The summed E-state index contributed by atoms with van der Waals surface area (Å²) in [5.41, 5.74) is 0. The van der Waals surface area contributed by atoms with Gasteiger partial charge in [0.2, 0.25) is 0 Å². The van der Waals surface area contributed by atoms with Gasteiger partial charge in [0.15, 0.2) is 0 Å². The van der Waals surface area contributed by atoms with Crippen LogP contribution in [0.2, 0.25) is 0 Å². The van der Waals surface area contributed by atoms with Crippen molar-refractivity contribution in [3.05, 3.63) is 0 Å². The molecule has 0 fully saturated rings. The van der Waals surface area contributed by atoms with Crippen molar-refractivity contribution in [3.63, 3.8) is 0 Å². The molecule has 0 heterocycles. The SMILES string of the molecule is C#CCSSCCOC(C)=O. The number of esters is 1. The van der Waals surface area contributed by atoms with E-state index in [0.29, 0.717) is 12.4 Å². The molecular weight excluding hydrogens is 180 g/mol. The number of carbonyl (C=O) groups is 1. The van der Waals surface area contributed by atoms with Crippen molar-refractivity contribution >= 4 is 27.6 Å². The van der Waals surface area contributed by atoms with E-state index in [1.165, 1.54) is 6.92 Å². The average Bonchev–Trinajstić information content (AvgIpc) is 1.96. The van der Waals surface area contributed by atoms with Gasteiger partial charge in [0, 0.05) is 12.7 Å². The molecule has 11 heavy (non-hydrogen) atoms. The lowest BCUT2D eigenvalue weighted by Gasteiger charge is -1.98. The highest BCUT2D eigenvalue weighted by atomic mass is 33.1. The van der Waals surface area contributed by atoms with Crippen LogP contribution in [0.15, 0.2) is 0 Å². The van der Waals surface area contributed by atoms with E-state index in [1.54, 1.807) is 21.6 Å². The third-order valence-electron chi connectivity index (χ3n) is 0.698. The summed E-state index contributed by atoms with van der Waals surface area (Å²) in [6, 6.07) is 0. The third kappa shape index (κ3) is 9.73. The van der Waals surface area contributed by atoms with Crippen LogP contribution in [0.1, 0.15) is 6.92 Å². The molecule has 0 aliphatic rings. The molecule has 0 aliphatic heterocycles. The van der Waals surface area contributed by atoms with Crippen LogP contribution in [0.4, 0.5) is 0 Å². The van der Waals surface area contributed by atoms with Gasteiger partial charge in [0.1, 0.15) is 6.61 Å². The van der Waals surface area contributed by atoms with Crippen molar-refractivity contribution in [3.8, 4) is 12.3 Å². The lowest BCUT2D eigenvalue weighted by Crippen LogP contribution is -2.01. The van der Waals surface area contributed by atoms with E-state index < -0.39 is 0 Å². The Morgan fingerprint density at radius 2 is 2.36 bits per heavy atom. The second-order valence-corrected chi connectivity index (χ2v) is 4.21. The average molecular weight is 190 g/mol. The molecule has 0 aliphatic carbocycles. The molecule has 2 nitrogen and oxygen atoms in total. The quantitative estimate of drug-likeness (QED) is 0.284. The second kappa shape index (κ2) is 7.83. The molecule has 0 aromatic heterocycles. The Morgan fingerprint density at radius 1 is 1.64 bits per heavy atom. The van der Waals surface area contributed by atoms with E-state index >= 15 is 0 Å². The minimum Gasteiger partial charge on any atom is -0.465 e. The Balaban J connectivity index is 2.92. The molecule has 0 aromatic rings. The molecule has 0 bridgehead atoms. The minimum absolute atomic E-state index is 0.229. The summed E-state index contributed by atoms with van der Waals surface area (Å²) in [5, 5.41) is 0. The molecule has 0 saturated carbocycles. The van der Waals surface area contributed by atoms with Gasteiger partial charge in [-0.3, -0.25) is 4.79 Å². The van der Waals surface area contributed by atoms with Crippen LogP contribution in [-0.4, -0.2) is 24.1 Å². The largest absolute Gasteiger partial charge is 0.465 e. The van der Waals surface area contributed by atoms with Crippen molar-refractivity contribution < 1.29 is 9.53 Å². The molecule has 62 valence electrons. The first kappa shape index (κ1) is 10.7. The Morgan fingerprint density at radius 3 is 2.91 bits per heavy atom. The molecule has 0 radical (unpaired) electrons. The second-order valence-electron chi connectivity index (χ2n) is 1.63. The number of hydrogen-bond acceptors (Lipinski definition) is 4. The summed E-state index contributed by atoms with van der Waals surface area (Å²) in [7, 11) is 3.21. The maximum absolute atomic E-state index is 10.3. The molecule has 0 amide bonds. The molecule has 0 spiro atoms. The zero-order valence-electron chi connectivity index (χ0n) is 6.33. The Hall–Kier alpha value is -0.270. The molecule has 0 aromatic carbocycles. The van der Waals surface area contributed by atoms with E-state index in [9.17, 15) is 4.79 Å². The predicted octanol–water partition coefficient (Wildman–Crippen LogP) is 1.56. The van der Waals surface area contributed by atoms with Gasteiger partial charge in [-0.2, -0.15) is 0 Å². The molecular formula is C7H10O2S2. The molecule has 0 unspecified atom stereocenters. The van der Waals surface area contributed by atoms with Crippen LogP contribution in [0.25, 0.3) is 0 Å². The normalized spacial score (nSPS) is 8.73. The molecule has 0 atom stereocenters. The van der Waals surface area contributed by atoms with Crippen LogP contribution >= 0.6 is 21.6 Å². The number of rotatable bonds is 5. The van der Waals surface area contributed by atoms with Crippen molar-refractivity contribution in [1.29, 1.82) is 0 Å². The number of terminal acetylenes is 1. The van der Waals surface area contributed by atoms with Gasteiger partial charge < -0.3 is 4.74 Å². The summed E-state index contributed by atoms with van der Waals surface area (Å²) in [6.45, 7) is 1.87. The zero-order valence-corrected chi connectivity index (χ0v) is 7.96. The predicted molar refractivity (Wildman–Crippen MR) is 50.4 cm³/mol. The van der Waals surface area contributed by atoms with E-state index in [-0.39, 0.29) is 5.97 Å². The molecule has 4 heteroatoms. The fraction of sp³-hybridized carbons (Fsp3) is 0.571. The Labute approximate surface area is 74.8 Å². The Kier molecular flexibility index (Phi) is 7.64. The van der Waals surface area contributed by atoms with E-state index in [4.69, 9.17) is 11.2 Å². The minimum atomic E-state index is -0.229. The van der Waals surface area contributed by atoms with Gasteiger partial charge in [-0.15, -0.1) is 6.42 Å². The Bertz CT molecular complexity index is 151. The number of carbonyl (C=O) groups excluding carboxylic acids is 1. The summed E-state index contributed by atoms with van der Waals surface area (Å²) < 4.78 is 4.70. The number of hydrogen-bond donors (Lipinski definition) is 0. The highest BCUT2D eigenvalue weighted by Gasteiger charge is 1.92. The van der Waals surface area contributed by atoms with Crippen LogP contribution in [0.5, 0.6) is 0 Å². The highest BCUT2D eigenvalue weighted by molar-refractivity contribution is 8.76. The first-order valence-corrected chi connectivity index (χ1v) is 5.57. The summed E-state index contributed by atoms with van der Waals surface area (Å²) >= 11 is 0. The summed E-state index contributed by atoms with van der Waals surface area (Å²) in [4.78, 5) is 10.3. The van der Waals surface area contributed by atoms with Crippen molar-refractivity contribution in [2.45, 2.75) is 6.92 Å². The molecule has 0 N–H and O–H groups in total. The zero-order chi connectivity index (χ0) is 8.53. The number of ether oxygens (including phenoxy) is 1. The maximum Gasteiger partial charge on any atom is 0.302 e. The molecule has 0 rings (SSSR count). The fourth-order valence-corrected chi connectivity index (χ4v) is 1.79. The van der Waals surface area contributed by atoms with Gasteiger partial charge >= 0.3 is 5.97 Å². The van der Waals surface area contributed by atoms with Crippen LogP contribution in [-0.2, 0) is 9.53 Å². The van der Waals surface area contributed by atoms with Crippen molar-refractivity contribution in [2.24, 2.45) is 0 Å². The van der Waals surface area contributed by atoms with Gasteiger partial charge in [-0.1, -0.05) is 27.5 Å². The third-order valence-corrected chi connectivity index (χ3v) is 2.84. The van der Waals surface area contributed by atoms with Crippen molar-refractivity contribution in [2.75, 3.05) is 18.1 Å². The van der Waals surface area contributed by atoms with Gasteiger partial charge in [0.05, 0.1) is 5.75 Å². The summed E-state index contributed by atoms with van der Waals surface area (Å²) in [5.74, 6) is 3.77. The van der Waals surface area contributed by atoms with Gasteiger partial charge in [0.25, 0.3) is 0 Å². The topological polar surface area (TPSA) is 26.3 Å². The standard InChI is InChI=1S/C7H10O2S2/c1-3-5-10-11-6-4-9-7(2)8/h1H,4-6H2,2H3. The van der Waals surface area contributed by atoms with Crippen LogP contribution < -0.4 is 0 Å². The fourth-order valence-electron chi connectivity index (χ4n) is 0.354. The monoisotopic (exact) mass is 190 g/mol. The van der Waals surface area contributed by atoms with E-state index in [1.807, 2.05) is 0 Å². The van der Waals surface area contributed by atoms with E-state index in [0.717, 1.165) is 5.75 Å². The van der Waals surface area contributed by atoms with Crippen LogP contribution in [0.3, 0.4) is 0 Å². The van der Waals surface area contributed by atoms with Crippen molar-refractivity contribution in [1.82, 2.24) is 0 Å². The summed E-state index contributed by atoms with van der Waals surface area (Å²) in [6.07, 6.45) is 5.02. The lowest BCUT2D eigenvalue weighted by atomic mass is 10.8. The van der Waals surface area contributed by atoms with E-state index in [2.05, 4.69) is 5.92 Å². The lowest BCUT2D eigenvalue weighted by molar-refractivity contribution is -0.140. The van der Waals surface area contributed by atoms with Gasteiger partial charge in [-0.05, 0) is 0 Å². The van der Waals surface area contributed by atoms with Gasteiger partial charge in [-0.25, -0.2) is 0 Å². The van der Waals surface area contributed by atoms with Crippen LogP contribution in [0, 0.1) is 12.3 Å². The highest BCUT2D eigenvalue weighted by Crippen LogP contribution is 2.19. The first-order valence-electron chi connectivity index (χ1n) is 3.08. The smallest absolute Gasteiger partial charge is 0.302 e.